The molecular weight excluding hydrogens is 300 g/mol. The number of carbonyl (C=O) groups excluding carboxylic acids is 1. The number of nitrogens with one attached hydrogen (secondary N) is 1. The number of nitrogens with zero attached hydrogens (tertiary/aromatic N) is 1. The van der Waals surface area contributed by atoms with Crippen LogP contribution in [0.3, 0.4) is 0 Å². The molecule has 2 aromatic rings. The first-order valence-corrected chi connectivity index (χ1v) is 8.49. The number of carbonyl (C=O) groups is 1. The summed E-state index contributed by atoms with van der Waals surface area (Å²) in [5.74, 6) is 0.286. The Hall–Kier alpha value is -2.17. The van der Waals surface area contributed by atoms with Crippen molar-refractivity contribution in [2.24, 2.45) is 5.92 Å². The van der Waals surface area contributed by atoms with Gasteiger partial charge in [0.05, 0.1) is 6.04 Å². The lowest BCUT2D eigenvalue weighted by Crippen LogP contribution is -2.40. The quantitative estimate of drug-likeness (QED) is 0.889. The summed E-state index contributed by atoms with van der Waals surface area (Å²) in [7, 11) is 0. The van der Waals surface area contributed by atoms with E-state index in [0.29, 0.717) is 0 Å². The Morgan fingerprint density at radius 3 is 2.62 bits per heavy atom. The largest absolute Gasteiger partial charge is 0.396 e. The van der Waals surface area contributed by atoms with Gasteiger partial charge in [-0.15, -0.1) is 0 Å². The second kappa shape index (κ2) is 7.60. The molecule has 0 saturated carbocycles. The molecular formula is C20H24N2O2. The first kappa shape index (κ1) is 16.7. The fraction of sp³-hybridized carbons (Fsp3) is 0.350. The molecule has 2 atom stereocenters. The summed E-state index contributed by atoms with van der Waals surface area (Å²) in [5.41, 5.74) is 2.94. The molecule has 4 heteroatoms. The fourth-order valence-electron chi connectivity index (χ4n) is 3.23. The molecule has 4 nitrogen and oxygen atoms in total. The van der Waals surface area contributed by atoms with Crippen molar-refractivity contribution >= 4 is 11.6 Å². The van der Waals surface area contributed by atoms with Crippen LogP contribution in [-0.4, -0.2) is 41.7 Å². The Labute approximate surface area is 143 Å². The highest BCUT2D eigenvalue weighted by molar-refractivity contribution is 5.98. The third-order valence-corrected chi connectivity index (χ3v) is 4.77. The van der Waals surface area contributed by atoms with Gasteiger partial charge in [-0.05, 0) is 37.4 Å². The van der Waals surface area contributed by atoms with Crippen LogP contribution in [0.2, 0.25) is 0 Å². The number of amides is 1. The van der Waals surface area contributed by atoms with Crippen LogP contribution in [0.4, 0.5) is 5.69 Å². The Balaban J connectivity index is 1.73. The molecule has 1 aliphatic heterocycles. The third-order valence-electron chi connectivity index (χ3n) is 4.77. The van der Waals surface area contributed by atoms with E-state index in [1.54, 1.807) is 0 Å². The summed E-state index contributed by atoms with van der Waals surface area (Å²) in [6, 6.07) is 17.7. The average Bonchev–Trinajstić information content (AvgIpc) is 3.11. The monoisotopic (exact) mass is 324 g/mol. The maximum Gasteiger partial charge on any atom is 0.241 e. The highest BCUT2D eigenvalue weighted by Crippen LogP contribution is 2.28. The predicted octanol–water partition coefficient (Wildman–Crippen LogP) is 2.99. The zero-order valence-corrected chi connectivity index (χ0v) is 14.0. The van der Waals surface area contributed by atoms with Crippen molar-refractivity contribution in [3.63, 3.8) is 0 Å². The number of rotatable bonds is 5. The first-order valence-electron chi connectivity index (χ1n) is 8.49. The number of aliphatic hydroxyl groups is 1. The van der Waals surface area contributed by atoms with Gasteiger partial charge in [0.25, 0.3) is 0 Å². The van der Waals surface area contributed by atoms with Crippen LogP contribution in [0.5, 0.6) is 0 Å². The maximum absolute atomic E-state index is 12.7. The van der Waals surface area contributed by atoms with Gasteiger partial charge in [-0.2, -0.15) is 0 Å². The lowest BCUT2D eigenvalue weighted by atomic mass is 10.0. The van der Waals surface area contributed by atoms with Gasteiger partial charge in [-0.25, -0.2) is 0 Å². The number of hydrogen-bond acceptors (Lipinski definition) is 3. The highest BCUT2D eigenvalue weighted by Gasteiger charge is 2.29. The fourth-order valence-corrected chi connectivity index (χ4v) is 3.23. The van der Waals surface area contributed by atoms with Gasteiger partial charge in [-0.1, -0.05) is 48.5 Å². The van der Waals surface area contributed by atoms with E-state index in [9.17, 15) is 9.90 Å². The van der Waals surface area contributed by atoms with Gasteiger partial charge in [0.2, 0.25) is 5.91 Å². The minimum atomic E-state index is -0.203. The molecule has 24 heavy (non-hydrogen) atoms. The zero-order chi connectivity index (χ0) is 16.9. The van der Waals surface area contributed by atoms with E-state index in [2.05, 4.69) is 10.2 Å². The van der Waals surface area contributed by atoms with E-state index in [1.165, 1.54) is 0 Å². The van der Waals surface area contributed by atoms with Crippen LogP contribution in [0.1, 0.15) is 13.3 Å². The van der Waals surface area contributed by atoms with E-state index < -0.39 is 0 Å². The number of likely N-dealkylation sites (tertiary alicyclic amines) is 1. The molecule has 0 aromatic heterocycles. The van der Waals surface area contributed by atoms with Gasteiger partial charge in [0.15, 0.2) is 0 Å². The summed E-state index contributed by atoms with van der Waals surface area (Å²) in [4.78, 5) is 14.8. The first-order chi connectivity index (χ1) is 11.7. The molecule has 0 radical (unpaired) electrons. The van der Waals surface area contributed by atoms with Crippen molar-refractivity contribution in [3.05, 3.63) is 54.6 Å². The summed E-state index contributed by atoms with van der Waals surface area (Å²) >= 11 is 0. The van der Waals surface area contributed by atoms with Crippen molar-refractivity contribution < 1.29 is 9.90 Å². The van der Waals surface area contributed by atoms with Crippen LogP contribution < -0.4 is 5.32 Å². The maximum atomic E-state index is 12.7. The third kappa shape index (κ3) is 3.66. The van der Waals surface area contributed by atoms with Gasteiger partial charge < -0.3 is 10.4 Å². The van der Waals surface area contributed by atoms with Crippen LogP contribution in [0, 0.1) is 5.92 Å². The van der Waals surface area contributed by atoms with Crippen molar-refractivity contribution in [3.8, 4) is 11.1 Å². The molecule has 1 heterocycles. The summed E-state index contributed by atoms with van der Waals surface area (Å²) in [6.07, 6.45) is 0.953. The van der Waals surface area contributed by atoms with Crippen molar-refractivity contribution in [1.29, 1.82) is 0 Å². The number of hydrogen-bond donors (Lipinski definition) is 2. The Kier molecular flexibility index (Phi) is 5.28. The van der Waals surface area contributed by atoms with Crippen molar-refractivity contribution in [2.45, 2.75) is 19.4 Å². The molecule has 2 unspecified atom stereocenters. The van der Waals surface area contributed by atoms with Gasteiger partial charge >= 0.3 is 0 Å². The smallest absolute Gasteiger partial charge is 0.241 e. The van der Waals surface area contributed by atoms with E-state index in [4.69, 9.17) is 0 Å². The zero-order valence-electron chi connectivity index (χ0n) is 14.0. The predicted molar refractivity (Wildman–Crippen MR) is 96.7 cm³/mol. The van der Waals surface area contributed by atoms with E-state index in [1.807, 2.05) is 61.5 Å². The Morgan fingerprint density at radius 2 is 1.92 bits per heavy atom. The average molecular weight is 324 g/mol. The standard InChI is InChI=1S/C20H24N2O2/c1-15(22-12-11-16(13-22)14-23)20(24)21-19-10-6-5-9-18(19)17-7-3-2-4-8-17/h2-10,15-16,23H,11-14H2,1H3,(H,21,24). The van der Waals surface area contributed by atoms with Crippen LogP contribution >= 0.6 is 0 Å². The molecule has 2 N–H and O–H groups in total. The molecule has 0 aliphatic carbocycles. The lowest BCUT2D eigenvalue weighted by Gasteiger charge is -2.24. The normalized spacial score (nSPS) is 19.2. The molecule has 1 aliphatic rings. The van der Waals surface area contributed by atoms with Crippen LogP contribution in [0.25, 0.3) is 11.1 Å². The number of para-hydroxylation sites is 1. The van der Waals surface area contributed by atoms with Crippen LogP contribution in [0.15, 0.2) is 54.6 Å². The van der Waals surface area contributed by atoms with E-state index in [0.717, 1.165) is 36.3 Å². The molecule has 0 spiro atoms. The summed E-state index contributed by atoms with van der Waals surface area (Å²) in [6.45, 7) is 3.77. The molecule has 126 valence electrons. The van der Waals surface area contributed by atoms with Gasteiger partial charge in [-0.3, -0.25) is 9.69 Å². The van der Waals surface area contributed by atoms with Gasteiger partial charge in [0, 0.05) is 24.4 Å². The lowest BCUT2D eigenvalue weighted by molar-refractivity contribution is -0.120. The molecule has 3 rings (SSSR count). The molecule has 1 saturated heterocycles. The van der Waals surface area contributed by atoms with Crippen molar-refractivity contribution in [1.82, 2.24) is 4.90 Å². The number of aliphatic hydroxyl groups excluding tert-OH is 1. The Morgan fingerprint density at radius 1 is 1.21 bits per heavy atom. The molecule has 1 amide bonds. The number of benzene rings is 2. The highest BCUT2D eigenvalue weighted by atomic mass is 16.3. The SMILES string of the molecule is CC(C(=O)Nc1ccccc1-c1ccccc1)N1CCC(CO)C1. The molecule has 1 fully saturated rings. The van der Waals surface area contributed by atoms with Gasteiger partial charge in [0.1, 0.15) is 0 Å². The molecule has 0 bridgehead atoms. The summed E-state index contributed by atoms with van der Waals surface area (Å²) < 4.78 is 0. The Bertz CT molecular complexity index is 687. The van der Waals surface area contributed by atoms with E-state index in [-0.39, 0.29) is 24.5 Å². The minimum absolute atomic E-state index is 0.00280. The topological polar surface area (TPSA) is 52.6 Å². The molecule has 2 aromatic carbocycles. The summed E-state index contributed by atoms with van der Waals surface area (Å²) in [5, 5.41) is 12.4. The number of anilines is 1. The minimum Gasteiger partial charge on any atom is -0.396 e. The second-order valence-electron chi connectivity index (χ2n) is 6.41. The van der Waals surface area contributed by atoms with Crippen molar-refractivity contribution in [2.75, 3.05) is 25.0 Å². The van der Waals surface area contributed by atoms with Crippen LogP contribution in [-0.2, 0) is 4.79 Å². The van der Waals surface area contributed by atoms with E-state index >= 15 is 0 Å². The second-order valence-corrected chi connectivity index (χ2v) is 6.41.